The first-order chi connectivity index (χ1) is 6.54. The minimum atomic E-state index is 0.471. The van der Waals surface area contributed by atoms with Gasteiger partial charge in [0.2, 0.25) is 0 Å². The van der Waals surface area contributed by atoms with Crippen LogP contribution in [0.3, 0.4) is 0 Å². The Hall–Kier alpha value is -0.580. The Bertz CT molecular complexity index is 326. The molecule has 0 radical (unpaired) electrons. The van der Waals surface area contributed by atoms with Gasteiger partial charge in [-0.15, -0.1) is 0 Å². The third-order valence-electron chi connectivity index (χ3n) is 1.94. The van der Waals surface area contributed by atoms with Gasteiger partial charge in [0.25, 0.3) is 0 Å². The summed E-state index contributed by atoms with van der Waals surface area (Å²) in [4.78, 5) is 0. The summed E-state index contributed by atoms with van der Waals surface area (Å²) in [5.74, 6) is 0.808. The molecule has 0 heterocycles. The fourth-order valence-corrected chi connectivity index (χ4v) is 1.64. The summed E-state index contributed by atoms with van der Waals surface area (Å²) in [6, 6.07) is 3.86. The smallest absolute Gasteiger partial charge is 0.119 e. The highest BCUT2D eigenvalue weighted by atomic mass is 79.9. The largest absolute Gasteiger partial charge is 0.497 e. The highest BCUT2D eigenvalue weighted by Gasteiger charge is 2.07. The van der Waals surface area contributed by atoms with Crippen molar-refractivity contribution in [1.82, 2.24) is 5.06 Å². The average Bonchev–Trinajstić information content (AvgIpc) is 2.11. The van der Waals surface area contributed by atoms with E-state index in [0.717, 1.165) is 26.4 Å². The van der Waals surface area contributed by atoms with Crippen molar-refractivity contribution in [3.8, 4) is 5.75 Å². The third-order valence-corrected chi connectivity index (χ3v) is 3.07. The van der Waals surface area contributed by atoms with Gasteiger partial charge in [0.15, 0.2) is 0 Å². The molecular formula is C10H14BrNO2. The number of nitrogens with zero attached hydrogens (tertiary/aromatic N) is 1. The Morgan fingerprint density at radius 3 is 2.64 bits per heavy atom. The quantitative estimate of drug-likeness (QED) is 0.848. The zero-order valence-corrected chi connectivity index (χ0v) is 10.1. The normalized spacial score (nSPS) is 10.7. The lowest BCUT2D eigenvalue weighted by molar-refractivity contribution is -0.0733. The molecule has 0 aliphatic heterocycles. The number of aryl methyl sites for hydroxylation is 1. The number of hydrogen-bond donors (Lipinski definition) is 1. The minimum absolute atomic E-state index is 0.471. The van der Waals surface area contributed by atoms with Crippen molar-refractivity contribution in [2.45, 2.75) is 13.5 Å². The second-order valence-electron chi connectivity index (χ2n) is 3.23. The fourth-order valence-electron chi connectivity index (χ4n) is 1.29. The van der Waals surface area contributed by atoms with Crippen LogP contribution in [0.5, 0.6) is 5.75 Å². The number of methoxy groups -OCH3 is 1. The Kier molecular flexibility index (Phi) is 3.92. The number of halogens is 1. The predicted molar refractivity (Wildman–Crippen MR) is 58.7 cm³/mol. The molecule has 1 rings (SSSR count). The van der Waals surface area contributed by atoms with E-state index >= 15 is 0 Å². The van der Waals surface area contributed by atoms with Crippen LogP contribution in [-0.2, 0) is 6.54 Å². The molecule has 1 aromatic carbocycles. The average molecular weight is 260 g/mol. The molecule has 0 spiro atoms. The Balaban J connectivity index is 3.07. The maximum atomic E-state index is 9.16. The first-order valence-corrected chi connectivity index (χ1v) is 5.07. The molecule has 4 heteroatoms. The van der Waals surface area contributed by atoms with Gasteiger partial charge in [-0.3, -0.25) is 0 Å². The summed E-state index contributed by atoms with van der Waals surface area (Å²) in [5.41, 5.74) is 2.10. The molecule has 0 unspecified atom stereocenters. The van der Waals surface area contributed by atoms with Crippen LogP contribution >= 0.6 is 15.9 Å². The molecule has 0 amide bonds. The van der Waals surface area contributed by atoms with Gasteiger partial charge in [0.1, 0.15) is 5.75 Å². The van der Waals surface area contributed by atoms with Gasteiger partial charge in [0.05, 0.1) is 7.11 Å². The zero-order valence-electron chi connectivity index (χ0n) is 8.54. The van der Waals surface area contributed by atoms with Crippen molar-refractivity contribution >= 4 is 15.9 Å². The molecule has 0 fully saturated rings. The SMILES string of the molecule is COc1cc(C)c(Br)c(CN(C)O)c1. The third kappa shape index (κ3) is 2.70. The van der Waals surface area contributed by atoms with Crippen LogP contribution < -0.4 is 4.74 Å². The number of ether oxygens (including phenoxy) is 1. The van der Waals surface area contributed by atoms with Crippen LogP contribution in [0, 0.1) is 6.92 Å². The van der Waals surface area contributed by atoms with Gasteiger partial charge in [-0.2, -0.15) is 5.06 Å². The van der Waals surface area contributed by atoms with Crippen molar-refractivity contribution in [3.05, 3.63) is 27.7 Å². The number of rotatable bonds is 3. The van der Waals surface area contributed by atoms with Gasteiger partial charge < -0.3 is 9.94 Å². The topological polar surface area (TPSA) is 32.7 Å². The van der Waals surface area contributed by atoms with Crippen molar-refractivity contribution in [3.63, 3.8) is 0 Å². The van der Waals surface area contributed by atoms with E-state index in [9.17, 15) is 0 Å². The van der Waals surface area contributed by atoms with E-state index in [1.165, 1.54) is 0 Å². The maximum Gasteiger partial charge on any atom is 0.119 e. The van der Waals surface area contributed by atoms with Gasteiger partial charge in [0, 0.05) is 18.1 Å². The molecule has 1 N–H and O–H groups in total. The van der Waals surface area contributed by atoms with E-state index in [1.807, 2.05) is 19.1 Å². The molecule has 0 aliphatic rings. The molecule has 0 aliphatic carbocycles. The minimum Gasteiger partial charge on any atom is -0.497 e. The van der Waals surface area contributed by atoms with E-state index in [0.29, 0.717) is 6.54 Å². The summed E-state index contributed by atoms with van der Waals surface area (Å²) >= 11 is 3.48. The van der Waals surface area contributed by atoms with Crippen molar-refractivity contribution in [1.29, 1.82) is 0 Å². The molecular weight excluding hydrogens is 246 g/mol. The standard InChI is InChI=1S/C10H14BrNO2/c1-7-4-9(14-3)5-8(10(7)11)6-12(2)13/h4-5,13H,6H2,1-3H3. The highest BCUT2D eigenvalue weighted by Crippen LogP contribution is 2.27. The van der Waals surface area contributed by atoms with Crippen LogP contribution in [0.4, 0.5) is 0 Å². The summed E-state index contributed by atoms with van der Waals surface area (Å²) in [5, 5.41) is 10.3. The molecule has 0 atom stereocenters. The molecule has 14 heavy (non-hydrogen) atoms. The van der Waals surface area contributed by atoms with Crippen LogP contribution in [0.1, 0.15) is 11.1 Å². The van der Waals surface area contributed by atoms with Gasteiger partial charge in [-0.05, 0) is 30.2 Å². The van der Waals surface area contributed by atoms with Crippen LogP contribution in [0.25, 0.3) is 0 Å². The maximum absolute atomic E-state index is 9.16. The first kappa shape index (κ1) is 11.5. The lowest BCUT2D eigenvalue weighted by Gasteiger charge is -2.13. The van der Waals surface area contributed by atoms with Crippen molar-refractivity contribution in [2.75, 3.05) is 14.2 Å². The second kappa shape index (κ2) is 4.77. The number of hydrogen-bond acceptors (Lipinski definition) is 3. The van der Waals surface area contributed by atoms with Crippen molar-refractivity contribution < 1.29 is 9.94 Å². The lowest BCUT2D eigenvalue weighted by Crippen LogP contribution is -2.12. The molecule has 1 aromatic rings. The molecule has 78 valence electrons. The van der Waals surface area contributed by atoms with E-state index in [2.05, 4.69) is 15.9 Å². The monoisotopic (exact) mass is 259 g/mol. The molecule has 3 nitrogen and oxygen atoms in total. The predicted octanol–water partition coefficient (Wildman–Crippen LogP) is 2.59. The Morgan fingerprint density at radius 1 is 1.50 bits per heavy atom. The summed E-state index contributed by atoms with van der Waals surface area (Å²) < 4.78 is 6.16. The summed E-state index contributed by atoms with van der Waals surface area (Å²) in [7, 11) is 3.25. The van der Waals surface area contributed by atoms with E-state index in [1.54, 1.807) is 14.2 Å². The second-order valence-corrected chi connectivity index (χ2v) is 4.03. The van der Waals surface area contributed by atoms with Crippen LogP contribution in [0.15, 0.2) is 16.6 Å². The van der Waals surface area contributed by atoms with Gasteiger partial charge >= 0.3 is 0 Å². The molecule has 0 saturated carbocycles. The summed E-state index contributed by atoms with van der Waals surface area (Å²) in [6.45, 7) is 2.46. The summed E-state index contributed by atoms with van der Waals surface area (Å²) in [6.07, 6.45) is 0. The number of benzene rings is 1. The Morgan fingerprint density at radius 2 is 2.14 bits per heavy atom. The Labute approximate surface area is 92.4 Å². The molecule has 0 saturated heterocycles. The molecule has 0 bridgehead atoms. The fraction of sp³-hybridized carbons (Fsp3) is 0.400. The van der Waals surface area contributed by atoms with Gasteiger partial charge in [-0.25, -0.2) is 0 Å². The van der Waals surface area contributed by atoms with Gasteiger partial charge in [-0.1, -0.05) is 15.9 Å². The zero-order chi connectivity index (χ0) is 10.7. The van der Waals surface area contributed by atoms with E-state index in [4.69, 9.17) is 9.94 Å². The first-order valence-electron chi connectivity index (χ1n) is 4.27. The van der Waals surface area contributed by atoms with Crippen LogP contribution in [0.2, 0.25) is 0 Å². The van der Waals surface area contributed by atoms with E-state index < -0.39 is 0 Å². The van der Waals surface area contributed by atoms with Crippen molar-refractivity contribution in [2.24, 2.45) is 0 Å². The van der Waals surface area contributed by atoms with E-state index in [-0.39, 0.29) is 0 Å². The van der Waals surface area contributed by atoms with Crippen LogP contribution in [-0.4, -0.2) is 24.4 Å². The number of hydroxylamine groups is 2. The molecule has 0 aromatic heterocycles. The lowest BCUT2D eigenvalue weighted by atomic mass is 10.1. The highest BCUT2D eigenvalue weighted by molar-refractivity contribution is 9.10.